The number of hydrogen-bond acceptors (Lipinski definition) is 8. The minimum absolute atomic E-state index is 0.0759. The van der Waals surface area contributed by atoms with Crippen molar-refractivity contribution in [2.24, 2.45) is 0 Å². The monoisotopic (exact) mass is 445 g/mol. The molecular formula is C17H15BF3NO7S. The number of nitrogens with zero attached hydrogens (tertiary/aromatic N) is 1. The van der Waals surface area contributed by atoms with Gasteiger partial charge in [0, 0.05) is 19.8 Å². The number of rotatable bonds is 9. The SMILES string of the molecule is COB(OC)OCc1cc(Oc2ccc(C#N)cc2)ccc1OS(=O)(=O)C(F)(F)F. The summed E-state index contributed by atoms with van der Waals surface area (Å²) in [4.78, 5) is 0. The Balaban J connectivity index is 2.32. The molecule has 0 atom stereocenters. The van der Waals surface area contributed by atoms with E-state index in [9.17, 15) is 21.6 Å². The van der Waals surface area contributed by atoms with Crippen LogP contribution in [0.1, 0.15) is 11.1 Å². The van der Waals surface area contributed by atoms with Gasteiger partial charge in [0.1, 0.15) is 17.2 Å². The average molecular weight is 445 g/mol. The molecule has 30 heavy (non-hydrogen) atoms. The molecule has 0 aliphatic heterocycles. The molecule has 0 heterocycles. The summed E-state index contributed by atoms with van der Waals surface area (Å²) in [5.74, 6) is -0.115. The lowest BCUT2D eigenvalue weighted by molar-refractivity contribution is -0.0500. The summed E-state index contributed by atoms with van der Waals surface area (Å²) in [6.45, 7) is -0.417. The van der Waals surface area contributed by atoms with Gasteiger partial charge in [-0.25, -0.2) is 0 Å². The van der Waals surface area contributed by atoms with E-state index in [0.29, 0.717) is 11.3 Å². The van der Waals surface area contributed by atoms with Gasteiger partial charge in [-0.05, 0) is 42.5 Å². The maximum absolute atomic E-state index is 12.7. The predicted molar refractivity (Wildman–Crippen MR) is 97.8 cm³/mol. The summed E-state index contributed by atoms with van der Waals surface area (Å²) >= 11 is 0. The van der Waals surface area contributed by atoms with Crippen LogP contribution in [0.3, 0.4) is 0 Å². The van der Waals surface area contributed by atoms with E-state index < -0.39 is 35.3 Å². The van der Waals surface area contributed by atoms with Crippen LogP contribution in [0.15, 0.2) is 42.5 Å². The first-order chi connectivity index (χ1) is 14.1. The lowest BCUT2D eigenvalue weighted by atomic mass is 10.1. The van der Waals surface area contributed by atoms with Crippen LogP contribution in [0, 0.1) is 11.3 Å². The van der Waals surface area contributed by atoms with Crippen molar-refractivity contribution in [3.05, 3.63) is 53.6 Å². The van der Waals surface area contributed by atoms with Crippen molar-refractivity contribution in [2.45, 2.75) is 12.1 Å². The summed E-state index contributed by atoms with van der Waals surface area (Å²) in [6, 6.07) is 11.4. The lowest BCUT2D eigenvalue weighted by Gasteiger charge is -2.16. The molecule has 2 aromatic rings. The molecule has 0 amide bonds. The Morgan fingerprint density at radius 3 is 2.17 bits per heavy atom. The largest absolute Gasteiger partial charge is 0.639 e. The van der Waals surface area contributed by atoms with Crippen molar-refractivity contribution in [3.8, 4) is 23.3 Å². The van der Waals surface area contributed by atoms with Crippen LogP contribution in [-0.4, -0.2) is 35.5 Å². The summed E-state index contributed by atoms with van der Waals surface area (Å²) < 4.78 is 85.4. The Kier molecular flexibility index (Phi) is 7.68. The third-order valence-corrected chi connectivity index (χ3v) is 4.46. The van der Waals surface area contributed by atoms with Crippen molar-refractivity contribution >= 4 is 17.4 Å². The molecule has 0 unspecified atom stereocenters. The molecule has 13 heteroatoms. The Hall–Kier alpha value is -2.79. The maximum Gasteiger partial charge on any atom is 0.639 e. The highest BCUT2D eigenvalue weighted by atomic mass is 32.2. The van der Waals surface area contributed by atoms with E-state index in [1.807, 2.05) is 6.07 Å². The number of nitriles is 1. The molecule has 160 valence electrons. The summed E-state index contributed by atoms with van der Waals surface area (Å²) in [6.07, 6.45) is 0. The third-order valence-electron chi connectivity index (χ3n) is 3.49. The molecule has 2 aromatic carbocycles. The van der Waals surface area contributed by atoms with E-state index in [0.717, 1.165) is 6.07 Å². The molecular weight excluding hydrogens is 430 g/mol. The number of alkyl halides is 3. The molecule has 0 spiro atoms. The molecule has 0 radical (unpaired) electrons. The minimum atomic E-state index is -5.89. The number of hydrogen-bond donors (Lipinski definition) is 0. The van der Waals surface area contributed by atoms with E-state index in [-0.39, 0.29) is 11.3 Å². The van der Waals surface area contributed by atoms with Crippen LogP contribution in [0.5, 0.6) is 17.2 Å². The van der Waals surface area contributed by atoms with Gasteiger partial charge in [0.25, 0.3) is 0 Å². The zero-order valence-corrected chi connectivity index (χ0v) is 16.5. The van der Waals surface area contributed by atoms with Gasteiger partial charge in [-0.15, -0.1) is 0 Å². The Labute approximate surface area is 171 Å². The predicted octanol–water partition coefficient (Wildman–Crippen LogP) is 3.37. The normalized spacial score (nSPS) is 11.6. The number of halogens is 3. The quantitative estimate of drug-likeness (QED) is 0.329. The molecule has 0 N–H and O–H groups in total. The molecule has 0 fully saturated rings. The summed E-state index contributed by atoms with van der Waals surface area (Å²) in [7, 11) is -4.51. The van der Waals surface area contributed by atoms with Gasteiger partial charge < -0.3 is 22.9 Å². The maximum atomic E-state index is 12.7. The lowest BCUT2D eigenvalue weighted by Crippen LogP contribution is -2.28. The molecule has 2 rings (SSSR count). The van der Waals surface area contributed by atoms with E-state index in [1.165, 1.54) is 50.6 Å². The average Bonchev–Trinajstić information content (AvgIpc) is 2.70. The van der Waals surface area contributed by atoms with E-state index in [4.69, 9.17) is 24.0 Å². The van der Waals surface area contributed by atoms with Crippen molar-refractivity contribution in [2.75, 3.05) is 14.2 Å². The molecule has 8 nitrogen and oxygen atoms in total. The van der Waals surface area contributed by atoms with E-state index in [1.54, 1.807) is 0 Å². The van der Waals surface area contributed by atoms with Gasteiger partial charge in [-0.3, -0.25) is 0 Å². The van der Waals surface area contributed by atoms with Crippen LogP contribution in [0.4, 0.5) is 13.2 Å². The zero-order valence-electron chi connectivity index (χ0n) is 15.7. The zero-order chi connectivity index (χ0) is 22.4. The first-order valence-electron chi connectivity index (χ1n) is 8.08. The van der Waals surface area contributed by atoms with E-state index >= 15 is 0 Å². The van der Waals surface area contributed by atoms with Gasteiger partial charge in [0.2, 0.25) is 0 Å². The van der Waals surface area contributed by atoms with Gasteiger partial charge in [0.15, 0.2) is 0 Å². The fraction of sp³-hybridized carbons (Fsp3) is 0.235. The molecule has 0 bridgehead atoms. The third kappa shape index (κ3) is 6.10. The molecule has 0 aliphatic rings. The van der Waals surface area contributed by atoms with Gasteiger partial charge in [0.05, 0.1) is 18.2 Å². The van der Waals surface area contributed by atoms with Crippen LogP contribution in [-0.2, 0) is 30.7 Å². The Bertz CT molecular complexity index is 1000. The second-order valence-corrected chi connectivity index (χ2v) is 7.10. The first-order valence-corrected chi connectivity index (χ1v) is 9.49. The van der Waals surface area contributed by atoms with Crippen LogP contribution in [0.2, 0.25) is 0 Å². The number of benzene rings is 2. The Morgan fingerprint density at radius 1 is 1.03 bits per heavy atom. The van der Waals surface area contributed by atoms with Crippen LogP contribution in [0.25, 0.3) is 0 Å². The van der Waals surface area contributed by atoms with Crippen molar-refractivity contribution < 1.29 is 44.5 Å². The highest BCUT2D eigenvalue weighted by Crippen LogP contribution is 2.33. The second kappa shape index (κ2) is 9.81. The van der Waals surface area contributed by atoms with Gasteiger partial charge in [-0.2, -0.15) is 26.9 Å². The topological polar surface area (TPSA) is 104 Å². The highest BCUT2D eigenvalue weighted by molar-refractivity contribution is 7.88. The van der Waals surface area contributed by atoms with Crippen molar-refractivity contribution in [3.63, 3.8) is 0 Å². The highest BCUT2D eigenvalue weighted by Gasteiger charge is 2.48. The fourth-order valence-electron chi connectivity index (χ4n) is 2.10. The minimum Gasteiger partial charge on any atom is -0.457 e. The first kappa shape index (κ1) is 23.5. The molecule has 0 aromatic heterocycles. The molecule has 0 saturated carbocycles. The summed E-state index contributed by atoms with van der Waals surface area (Å²) in [5.41, 5.74) is -5.28. The van der Waals surface area contributed by atoms with Crippen molar-refractivity contribution in [1.82, 2.24) is 0 Å². The van der Waals surface area contributed by atoms with Crippen LogP contribution < -0.4 is 8.92 Å². The smallest absolute Gasteiger partial charge is 0.457 e. The van der Waals surface area contributed by atoms with E-state index in [2.05, 4.69) is 4.18 Å². The standard InChI is InChI=1S/C17H15BF3NO7S/c1-25-18(26-2)27-11-13-9-15(28-14-5-3-12(10-22)4-6-14)7-8-16(13)29-30(23,24)17(19,20)21/h3-9H,11H2,1-2H3. The van der Waals surface area contributed by atoms with Crippen molar-refractivity contribution in [1.29, 1.82) is 5.26 Å². The summed E-state index contributed by atoms with van der Waals surface area (Å²) in [5, 5.41) is 8.81. The number of ether oxygens (including phenoxy) is 1. The molecule has 0 saturated heterocycles. The Morgan fingerprint density at radius 2 is 1.63 bits per heavy atom. The van der Waals surface area contributed by atoms with Gasteiger partial charge in [-0.1, -0.05) is 0 Å². The van der Waals surface area contributed by atoms with Gasteiger partial charge >= 0.3 is 22.9 Å². The second-order valence-electron chi connectivity index (χ2n) is 5.56. The fourth-order valence-corrected chi connectivity index (χ4v) is 2.60. The van der Waals surface area contributed by atoms with Crippen LogP contribution >= 0.6 is 0 Å². The molecule has 0 aliphatic carbocycles.